The number of ether oxygens (including phenoxy) is 1. The summed E-state index contributed by atoms with van der Waals surface area (Å²) in [5.74, 6) is 0.523. The molecule has 3 rings (SSSR count). The van der Waals surface area contributed by atoms with Gasteiger partial charge < -0.3 is 15.0 Å². The summed E-state index contributed by atoms with van der Waals surface area (Å²) in [4.78, 5) is 19.0. The fourth-order valence-corrected chi connectivity index (χ4v) is 3.47. The molecule has 1 atom stereocenters. The predicted octanol–water partition coefficient (Wildman–Crippen LogP) is 3.58. The maximum absolute atomic E-state index is 12.9. The fraction of sp³-hybridized carbons (Fsp3) is 0.500. The average molecular weight is 343 g/mol. The van der Waals surface area contributed by atoms with E-state index in [1.54, 1.807) is 25.4 Å². The average Bonchev–Trinajstić information content (AvgIpc) is 2.82. The van der Waals surface area contributed by atoms with Crippen molar-refractivity contribution in [2.75, 3.05) is 19.0 Å². The van der Waals surface area contributed by atoms with Gasteiger partial charge in [-0.2, -0.15) is 5.10 Å². The Balaban J connectivity index is 1.81. The number of hydrogen-bond donors (Lipinski definition) is 2. The van der Waals surface area contributed by atoms with Crippen LogP contribution in [0, 0.1) is 13.8 Å². The number of aryl methyl sites for hydroxylation is 2. The van der Waals surface area contributed by atoms with Crippen LogP contribution in [0.4, 0.5) is 10.5 Å². The summed E-state index contributed by atoms with van der Waals surface area (Å²) < 4.78 is 5.05. The molecule has 7 heteroatoms. The molecule has 2 amide bonds. The first-order chi connectivity index (χ1) is 12.1. The van der Waals surface area contributed by atoms with E-state index in [1.165, 1.54) is 0 Å². The van der Waals surface area contributed by atoms with Crippen molar-refractivity contribution in [1.82, 2.24) is 20.1 Å². The highest BCUT2D eigenvalue weighted by molar-refractivity contribution is 5.89. The van der Waals surface area contributed by atoms with Crippen molar-refractivity contribution in [3.05, 3.63) is 35.3 Å². The van der Waals surface area contributed by atoms with E-state index in [0.717, 1.165) is 49.2 Å². The second-order valence-electron chi connectivity index (χ2n) is 6.43. The van der Waals surface area contributed by atoms with Crippen molar-refractivity contribution >= 4 is 11.7 Å². The summed E-state index contributed by atoms with van der Waals surface area (Å²) in [7, 11) is 1.57. The number of pyridine rings is 1. The number of carbonyl (C=O) groups excluding carboxylic acids is 1. The lowest BCUT2D eigenvalue weighted by Crippen LogP contribution is -2.38. The van der Waals surface area contributed by atoms with E-state index < -0.39 is 0 Å². The van der Waals surface area contributed by atoms with Crippen LogP contribution >= 0.6 is 0 Å². The SMILES string of the molecule is COc1ccc(NC(=O)N2CCCCC[C@@H]2c2c(C)n[nH]c2C)cn1. The van der Waals surface area contributed by atoms with Crippen molar-refractivity contribution < 1.29 is 9.53 Å². The van der Waals surface area contributed by atoms with Gasteiger partial charge >= 0.3 is 6.03 Å². The number of hydrogen-bond acceptors (Lipinski definition) is 4. The van der Waals surface area contributed by atoms with Gasteiger partial charge in [-0.3, -0.25) is 5.10 Å². The molecule has 2 aromatic heterocycles. The summed E-state index contributed by atoms with van der Waals surface area (Å²) in [6, 6.07) is 3.48. The molecule has 0 unspecified atom stereocenters. The molecule has 0 aromatic carbocycles. The summed E-state index contributed by atoms with van der Waals surface area (Å²) in [6.07, 6.45) is 5.83. The molecule has 1 saturated heterocycles. The molecule has 1 aliphatic rings. The predicted molar refractivity (Wildman–Crippen MR) is 95.8 cm³/mol. The lowest BCUT2D eigenvalue weighted by atomic mass is 9.99. The van der Waals surface area contributed by atoms with Gasteiger partial charge in [0.15, 0.2) is 0 Å². The summed E-state index contributed by atoms with van der Waals surface area (Å²) in [6.45, 7) is 4.75. The standard InChI is InChI=1S/C18H25N5O2/c1-12-17(13(2)22-21-12)15-7-5-4-6-10-23(15)18(24)20-14-8-9-16(25-3)19-11-14/h8-9,11,15H,4-7,10H2,1-3H3,(H,20,24)(H,21,22)/t15-/m1/s1. The molecule has 2 aromatic rings. The minimum atomic E-state index is -0.0983. The van der Waals surface area contributed by atoms with Gasteiger partial charge in [-0.05, 0) is 32.8 Å². The third-order valence-corrected chi connectivity index (χ3v) is 4.73. The summed E-state index contributed by atoms with van der Waals surface area (Å²) in [5, 5.41) is 10.3. The summed E-state index contributed by atoms with van der Waals surface area (Å²) >= 11 is 0. The van der Waals surface area contributed by atoms with Crippen LogP contribution in [0.1, 0.15) is 48.7 Å². The first-order valence-corrected chi connectivity index (χ1v) is 8.69. The maximum atomic E-state index is 12.9. The zero-order valence-electron chi connectivity index (χ0n) is 15.0. The lowest BCUT2D eigenvalue weighted by molar-refractivity contribution is 0.189. The summed E-state index contributed by atoms with van der Waals surface area (Å²) in [5.41, 5.74) is 3.81. The molecule has 3 heterocycles. The van der Waals surface area contributed by atoms with Crippen molar-refractivity contribution in [2.24, 2.45) is 0 Å². The maximum Gasteiger partial charge on any atom is 0.322 e. The smallest absolute Gasteiger partial charge is 0.322 e. The molecule has 2 N–H and O–H groups in total. The van der Waals surface area contributed by atoms with Gasteiger partial charge in [0.1, 0.15) is 0 Å². The van der Waals surface area contributed by atoms with E-state index in [4.69, 9.17) is 4.74 Å². The van der Waals surface area contributed by atoms with Crippen LogP contribution in [0.15, 0.2) is 18.3 Å². The Morgan fingerprint density at radius 3 is 2.80 bits per heavy atom. The largest absolute Gasteiger partial charge is 0.481 e. The molecule has 0 radical (unpaired) electrons. The molecule has 134 valence electrons. The van der Waals surface area contributed by atoms with E-state index in [1.807, 2.05) is 18.7 Å². The normalized spacial score (nSPS) is 17.9. The molecule has 25 heavy (non-hydrogen) atoms. The van der Waals surface area contributed by atoms with Crippen LogP contribution in [-0.2, 0) is 0 Å². The molecule has 0 spiro atoms. The van der Waals surface area contributed by atoms with E-state index in [0.29, 0.717) is 11.6 Å². The quantitative estimate of drug-likeness (QED) is 0.892. The number of likely N-dealkylation sites (tertiary alicyclic amines) is 1. The number of H-pyrrole nitrogens is 1. The van der Waals surface area contributed by atoms with Crippen LogP contribution < -0.4 is 10.1 Å². The number of aromatic nitrogens is 3. The van der Waals surface area contributed by atoms with Gasteiger partial charge in [-0.1, -0.05) is 12.8 Å². The second-order valence-corrected chi connectivity index (χ2v) is 6.43. The van der Waals surface area contributed by atoms with Gasteiger partial charge in [0, 0.05) is 23.9 Å². The van der Waals surface area contributed by atoms with Crippen LogP contribution in [0.2, 0.25) is 0 Å². The molecule has 0 aliphatic carbocycles. The number of rotatable bonds is 3. The molecular formula is C18H25N5O2. The third-order valence-electron chi connectivity index (χ3n) is 4.73. The topological polar surface area (TPSA) is 83.1 Å². The van der Waals surface area contributed by atoms with E-state index in [2.05, 4.69) is 20.5 Å². The second kappa shape index (κ2) is 7.55. The van der Waals surface area contributed by atoms with Gasteiger partial charge in [0.05, 0.1) is 30.7 Å². The van der Waals surface area contributed by atoms with Crippen molar-refractivity contribution in [3.8, 4) is 5.88 Å². The van der Waals surface area contributed by atoms with Crippen molar-refractivity contribution in [2.45, 2.75) is 45.6 Å². The number of urea groups is 1. The highest BCUT2D eigenvalue weighted by atomic mass is 16.5. The molecule has 0 bridgehead atoms. The van der Waals surface area contributed by atoms with Crippen LogP contribution in [0.5, 0.6) is 5.88 Å². The first-order valence-electron chi connectivity index (χ1n) is 8.69. The van der Waals surface area contributed by atoms with E-state index in [9.17, 15) is 4.79 Å². The minimum absolute atomic E-state index is 0.0486. The third kappa shape index (κ3) is 3.75. The van der Waals surface area contributed by atoms with Gasteiger partial charge in [0.2, 0.25) is 5.88 Å². The molecule has 7 nitrogen and oxygen atoms in total. The first kappa shape index (κ1) is 17.3. The van der Waals surface area contributed by atoms with Crippen molar-refractivity contribution in [1.29, 1.82) is 0 Å². The van der Waals surface area contributed by atoms with E-state index in [-0.39, 0.29) is 12.1 Å². The molecule has 1 aliphatic heterocycles. The van der Waals surface area contributed by atoms with E-state index >= 15 is 0 Å². The molecular weight excluding hydrogens is 318 g/mol. The number of methoxy groups -OCH3 is 1. The number of carbonyl (C=O) groups is 1. The van der Waals surface area contributed by atoms with Crippen LogP contribution in [0.25, 0.3) is 0 Å². The lowest BCUT2D eigenvalue weighted by Gasteiger charge is -2.30. The van der Waals surface area contributed by atoms with Crippen LogP contribution in [-0.4, -0.2) is 39.8 Å². The Kier molecular flexibility index (Phi) is 5.21. The van der Waals surface area contributed by atoms with Crippen molar-refractivity contribution in [3.63, 3.8) is 0 Å². The van der Waals surface area contributed by atoms with Gasteiger partial charge in [-0.15, -0.1) is 0 Å². The number of aromatic amines is 1. The zero-order chi connectivity index (χ0) is 17.8. The fourth-order valence-electron chi connectivity index (χ4n) is 3.47. The Labute approximate surface area is 147 Å². The highest BCUT2D eigenvalue weighted by Crippen LogP contribution is 2.33. The Hall–Kier alpha value is -2.57. The molecule has 0 saturated carbocycles. The Bertz CT molecular complexity index is 706. The Morgan fingerprint density at radius 2 is 2.16 bits per heavy atom. The number of amides is 2. The molecule has 1 fully saturated rings. The van der Waals surface area contributed by atoms with Gasteiger partial charge in [-0.25, -0.2) is 9.78 Å². The van der Waals surface area contributed by atoms with Crippen LogP contribution in [0.3, 0.4) is 0 Å². The number of nitrogens with one attached hydrogen (secondary N) is 2. The number of anilines is 1. The van der Waals surface area contributed by atoms with Gasteiger partial charge in [0.25, 0.3) is 0 Å². The minimum Gasteiger partial charge on any atom is -0.481 e. The highest BCUT2D eigenvalue weighted by Gasteiger charge is 2.30. The monoisotopic (exact) mass is 343 g/mol. The zero-order valence-corrected chi connectivity index (χ0v) is 15.0. The number of nitrogens with zero attached hydrogens (tertiary/aromatic N) is 3. The Morgan fingerprint density at radius 1 is 1.32 bits per heavy atom.